The fraction of sp³-hybridized carbons (Fsp3) is 0.200. The molecule has 0 radical (unpaired) electrons. The summed E-state index contributed by atoms with van der Waals surface area (Å²) >= 11 is 1.13. The summed E-state index contributed by atoms with van der Waals surface area (Å²) in [6.45, 7) is -3.11. The Morgan fingerprint density at radius 1 is 1.36 bits per heavy atom. The van der Waals surface area contributed by atoms with Crippen molar-refractivity contribution in [3.63, 3.8) is 0 Å². The maximum absolute atomic E-state index is 11.9. The zero-order valence-electron chi connectivity index (χ0n) is 6.27. The van der Waals surface area contributed by atoms with Gasteiger partial charge in [-0.05, 0) is 17.2 Å². The van der Waals surface area contributed by atoms with Gasteiger partial charge in [-0.2, -0.15) is 11.3 Å². The van der Waals surface area contributed by atoms with E-state index >= 15 is 0 Å². The first-order valence-corrected chi connectivity index (χ1v) is 3.63. The second kappa shape index (κ2) is 4.43. The molecule has 0 saturated carbocycles. The molecule has 0 unspecified atom stereocenters. The Balaban J connectivity index is 0.000001000. The molecule has 0 aliphatic carbocycles. The van der Waals surface area contributed by atoms with Gasteiger partial charge in [-0.15, -0.1) is 0 Å². The SMILES string of the molecule is Cc1cc([B-](F)(F)F)cs1.[K+]. The van der Waals surface area contributed by atoms with Gasteiger partial charge in [0.05, 0.1) is 0 Å². The Morgan fingerprint density at radius 3 is 2.09 bits per heavy atom. The van der Waals surface area contributed by atoms with Crippen molar-refractivity contribution in [1.82, 2.24) is 0 Å². The third kappa shape index (κ3) is 3.61. The monoisotopic (exact) mass is 204 g/mol. The summed E-state index contributed by atoms with van der Waals surface area (Å²) in [5.74, 6) is 0. The van der Waals surface area contributed by atoms with Gasteiger partial charge in [0.15, 0.2) is 0 Å². The number of thiophene rings is 1. The number of halogens is 3. The predicted octanol–water partition coefficient (Wildman–Crippen LogP) is -0.885. The van der Waals surface area contributed by atoms with Gasteiger partial charge in [0.1, 0.15) is 0 Å². The summed E-state index contributed by atoms with van der Waals surface area (Å²) in [6.07, 6.45) is 0. The molecule has 0 aliphatic heterocycles. The average molecular weight is 204 g/mol. The zero-order valence-corrected chi connectivity index (χ0v) is 10.2. The maximum atomic E-state index is 11.9. The molecule has 0 atom stereocenters. The van der Waals surface area contributed by atoms with Crippen LogP contribution in [0, 0.1) is 6.92 Å². The Labute approximate surface area is 110 Å². The van der Waals surface area contributed by atoms with Crippen LogP contribution in [0.25, 0.3) is 0 Å². The van der Waals surface area contributed by atoms with Crippen molar-refractivity contribution in [2.45, 2.75) is 6.92 Å². The van der Waals surface area contributed by atoms with E-state index in [0.29, 0.717) is 4.88 Å². The van der Waals surface area contributed by atoms with Gasteiger partial charge >= 0.3 is 58.4 Å². The van der Waals surface area contributed by atoms with E-state index in [-0.39, 0.29) is 51.4 Å². The standard InChI is InChI=1S/C5H5BF3S.K/c1-4-2-5(3-10-4)6(7,8)9;/h2-3H,1H3;/q-1;+1. The Bertz CT molecular complexity index is 232. The fourth-order valence-electron chi connectivity index (χ4n) is 0.635. The van der Waals surface area contributed by atoms with Crippen LogP contribution in [-0.2, 0) is 0 Å². The molecule has 11 heavy (non-hydrogen) atoms. The number of rotatable bonds is 1. The first-order valence-electron chi connectivity index (χ1n) is 2.75. The molecule has 6 heteroatoms. The number of hydrogen-bond acceptors (Lipinski definition) is 1. The van der Waals surface area contributed by atoms with Gasteiger partial charge in [0, 0.05) is 0 Å². The molecule has 0 spiro atoms. The molecule has 0 N–H and O–H groups in total. The van der Waals surface area contributed by atoms with Crippen LogP contribution in [0.4, 0.5) is 12.9 Å². The minimum Gasteiger partial charge on any atom is -0.445 e. The van der Waals surface area contributed by atoms with Crippen LogP contribution in [-0.4, -0.2) is 6.98 Å². The van der Waals surface area contributed by atoms with Gasteiger partial charge < -0.3 is 12.9 Å². The normalized spacial score (nSPS) is 10.9. The molecular weight excluding hydrogens is 199 g/mol. The van der Waals surface area contributed by atoms with E-state index in [4.69, 9.17) is 0 Å². The minimum absolute atomic E-state index is 0. The van der Waals surface area contributed by atoms with Crippen LogP contribution in [0.5, 0.6) is 0 Å². The quantitative estimate of drug-likeness (QED) is 0.521. The zero-order chi connectivity index (χ0) is 7.78. The van der Waals surface area contributed by atoms with Crippen LogP contribution in [0.15, 0.2) is 11.4 Å². The van der Waals surface area contributed by atoms with Crippen molar-refractivity contribution in [1.29, 1.82) is 0 Å². The molecule has 1 rings (SSSR count). The molecule has 0 nitrogen and oxygen atoms in total. The largest absolute Gasteiger partial charge is 1.00 e. The van der Waals surface area contributed by atoms with E-state index < -0.39 is 12.4 Å². The second-order valence-electron chi connectivity index (χ2n) is 2.07. The molecular formula is C5H5BF3KS. The minimum atomic E-state index is -4.77. The van der Waals surface area contributed by atoms with Crippen molar-refractivity contribution < 1.29 is 64.3 Å². The molecule has 0 fully saturated rings. The van der Waals surface area contributed by atoms with Crippen molar-refractivity contribution in [2.75, 3.05) is 0 Å². The van der Waals surface area contributed by atoms with Crippen LogP contribution < -0.4 is 56.8 Å². The smallest absolute Gasteiger partial charge is 0.445 e. The molecule has 0 bridgehead atoms. The molecule has 0 saturated heterocycles. The van der Waals surface area contributed by atoms with E-state index in [2.05, 4.69) is 0 Å². The van der Waals surface area contributed by atoms with Crippen LogP contribution in [0.2, 0.25) is 0 Å². The first-order chi connectivity index (χ1) is 4.50. The maximum Gasteiger partial charge on any atom is 1.00 e. The summed E-state index contributed by atoms with van der Waals surface area (Å²) in [5, 5.41) is 1.15. The topological polar surface area (TPSA) is 0 Å². The van der Waals surface area contributed by atoms with E-state index in [9.17, 15) is 12.9 Å². The number of aryl methyl sites for hydroxylation is 1. The van der Waals surface area contributed by atoms with Gasteiger partial charge in [-0.1, -0.05) is 11.5 Å². The second-order valence-corrected chi connectivity index (χ2v) is 3.18. The molecule has 0 amide bonds. The van der Waals surface area contributed by atoms with Crippen molar-refractivity contribution in [2.24, 2.45) is 0 Å². The Kier molecular flexibility index (Phi) is 4.91. The Hall–Kier alpha value is 1.19. The van der Waals surface area contributed by atoms with Gasteiger partial charge in [0.25, 0.3) is 0 Å². The van der Waals surface area contributed by atoms with Gasteiger partial charge in [-0.25, -0.2) is 0 Å². The summed E-state index contributed by atoms with van der Waals surface area (Å²) in [7, 11) is 0. The summed E-state index contributed by atoms with van der Waals surface area (Å²) in [5.41, 5.74) is -0.484. The first kappa shape index (κ1) is 12.2. The van der Waals surface area contributed by atoms with Crippen LogP contribution in [0.1, 0.15) is 4.88 Å². The van der Waals surface area contributed by atoms with E-state index in [0.717, 1.165) is 16.7 Å². The molecule has 1 aromatic heterocycles. The van der Waals surface area contributed by atoms with Gasteiger partial charge in [-0.3, -0.25) is 0 Å². The van der Waals surface area contributed by atoms with Crippen molar-refractivity contribution in [3.8, 4) is 0 Å². The Morgan fingerprint density at radius 2 is 1.91 bits per heavy atom. The molecule has 1 aromatic rings. The van der Waals surface area contributed by atoms with Gasteiger partial charge in [0.2, 0.25) is 0 Å². The number of hydrogen-bond donors (Lipinski definition) is 0. The van der Waals surface area contributed by atoms with E-state index in [1.807, 2.05) is 0 Å². The fourth-order valence-corrected chi connectivity index (χ4v) is 1.38. The van der Waals surface area contributed by atoms with Crippen molar-refractivity contribution >= 4 is 23.8 Å². The van der Waals surface area contributed by atoms with E-state index in [1.54, 1.807) is 6.92 Å². The van der Waals surface area contributed by atoms with E-state index in [1.165, 1.54) is 6.07 Å². The predicted molar refractivity (Wildman–Crippen MR) is 37.8 cm³/mol. The van der Waals surface area contributed by atoms with Crippen LogP contribution >= 0.6 is 11.3 Å². The molecule has 0 aliphatic rings. The van der Waals surface area contributed by atoms with Crippen LogP contribution in [0.3, 0.4) is 0 Å². The summed E-state index contributed by atoms with van der Waals surface area (Å²) in [6, 6.07) is 1.17. The molecule has 0 aromatic carbocycles. The molecule has 1 heterocycles. The van der Waals surface area contributed by atoms with Crippen molar-refractivity contribution in [3.05, 3.63) is 16.3 Å². The third-order valence-electron chi connectivity index (χ3n) is 1.13. The summed E-state index contributed by atoms with van der Waals surface area (Å²) in [4.78, 5) is 0.703. The summed E-state index contributed by atoms with van der Waals surface area (Å²) < 4.78 is 35.6. The molecule has 56 valence electrons. The average Bonchev–Trinajstić information content (AvgIpc) is 2.11. The third-order valence-corrected chi connectivity index (χ3v) is 2.01.